The fraction of sp³-hybridized carbons (Fsp3) is 1.00. The molecule has 0 saturated heterocycles. The predicted octanol–water partition coefficient (Wildman–Crippen LogP) is 4.07. The minimum absolute atomic E-state index is 0.0736. The van der Waals surface area contributed by atoms with Crippen LogP contribution in [0.25, 0.3) is 0 Å². The fourth-order valence-corrected chi connectivity index (χ4v) is 3.68. The second-order valence-electron chi connectivity index (χ2n) is 7.45. The van der Waals surface area contributed by atoms with Crippen LogP contribution in [0.1, 0.15) is 73.6 Å². The summed E-state index contributed by atoms with van der Waals surface area (Å²) < 4.78 is 0. The highest BCUT2D eigenvalue weighted by Gasteiger charge is 2.41. The van der Waals surface area contributed by atoms with Crippen molar-refractivity contribution in [1.29, 1.82) is 0 Å². The van der Waals surface area contributed by atoms with Gasteiger partial charge in [0.1, 0.15) is 0 Å². The van der Waals surface area contributed by atoms with Gasteiger partial charge in [0, 0.05) is 18.6 Å². The van der Waals surface area contributed by atoms with Crippen LogP contribution < -0.4 is 0 Å². The van der Waals surface area contributed by atoms with Crippen molar-refractivity contribution in [2.24, 2.45) is 11.3 Å². The quantitative estimate of drug-likeness (QED) is 0.785. The van der Waals surface area contributed by atoms with Gasteiger partial charge in [0.15, 0.2) is 0 Å². The Kier molecular flexibility index (Phi) is 6.32. The summed E-state index contributed by atoms with van der Waals surface area (Å²) in [4.78, 5) is 2.62. The Morgan fingerprint density at radius 2 is 1.79 bits per heavy atom. The molecule has 0 aromatic rings. The maximum absolute atomic E-state index is 10.8. The maximum atomic E-state index is 10.8. The Labute approximate surface area is 120 Å². The molecule has 2 unspecified atom stereocenters. The van der Waals surface area contributed by atoms with Gasteiger partial charge in [0.2, 0.25) is 0 Å². The van der Waals surface area contributed by atoms with E-state index in [0.717, 1.165) is 19.4 Å². The molecule has 1 rings (SSSR count). The highest BCUT2D eigenvalue weighted by Crippen LogP contribution is 2.39. The zero-order chi connectivity index (χ0) is 14.6. The van der Waals surface area contributed by atoms with Gasteiger partial charge in [0.25, 0.3) is 0 Å². The van der Waals surface area contributed by atoms with E-state index in [9.17, 15) is 5.11 Å². The molecule has 0 aromatic heterocycles. The molecular formula is C17H35NO. The molecule has 1 aliphatic carbocycles. The molecule has 19 heavy (non-hydrogen) atoms. The summed E-state index contributed by atoms with van der Waals surface area (Å²) in [5.74, 6) is 0.665. The predicted molar refractivity (Wildman–Crippen MR) is 83.3 cm³/mol. The van der Waals surface area contributed by atoms with Gasteiger partial charge in [-0.15, -0.1) is 0 Å². The highest BCUT2D eigenvalue weighted by atomic mass is 16.3. The van der Waals surface area contributed by atoms with Crippen LogP contribution in [-0.4, -0.2) is 34.7 Å². The van der Waals surface area contributed by atoms with E-state index in [0.29, 0.717) is 18.0 Å². The lowest BCUT2D eigenvalue weighted by molar-refractivity contribution is -0.0733. The number of hydrogen-bond acceptors (Lipinski definition) is 2. The zero-order valence-corrected chi connectivity index (χ0v) is 13.9. The molecule has 1 saturated carbocycles. The normalized spacial score (nSPS) is 27.5. The first kappa shape index (κ1) is 17.0. The lowest BCUT2D eigenvalue weighted by atomic mass is 9.71. The van der Waals surface area contributed by atoms with Gasteiger partial charge >= 0.3 is 0 Å². The summed E-state index contributed by atoms with van der Waals surface area (Å²) in [5, 5.41) is 10.8. The minimum Gasteiger partial charge on any atom is -0.391 e. The molecule has 0 aliphatic heterocycles. The molecular weight excluding hydrogens is 234 g/mol. The molecule has 2 heteroatoms. The van der Waals surface area contributed by atoms with Crippen molar-refractivity contribution in [1.82, 2.24) is 4.90 Å². The first-order chi connectivity index (χ1) is 8.83. The van der Waals surface area contributed by atoms with E-state index in [1.807, 2.05) is 0 Å². The Morgan fingerprint density at radius 1 is 1.21 bits per heavy atom. The van der Waals surface area contributed by atoms with Crippen LogP contribution in [-0.2, 0) is 0 Å². The van der Waals surface area contributed by atoms with E-state index in [4.69, 9.17) is 0 Å². The Balaban J connectivity index is 2.89. The second-order valence-corrected chi connectivity index (χ2v) is 7.45. The third-order valence-electron chi connectivity index (χ3n) is 4.90. The van der Waals surface area contributed by atoms with Crippen LogP contribution >= 0.6 is 0 Å². The molecule has 114 valence electrons. The molecule has 0 radical (unpaired) electrons. The van der Waals surface area contributed by atoms with E-state index in [-0.39, 0.29) is 11.5 Å². The Bertz CT molecular complexity index is 258. The van der Waals surface area contributed by atoms with Gasteiger partial charge in [-0.25, -0.2) is 0 Å². The third-order valence-corrected chi connectivity index (χ3v) is 4.90. The molecule has 2 atom stereocenters. The van der Waals surface area contributed by atoms with Crippen LogP contribution in [0, 0.1) is 11.3 Å². The van der Waals surface area contributed by atoms with Gasteiger partial charge in [-0.2, -0.15) is 0 Å². The number of aliphatic hydroxyl groups is 1. The Morgan fingerprint density at radius 3 is 2.26 bits per heavy atom. The molecule has 0 amide bonds. The molecule has 0 bridgehead atoms. The topological polar surface area (TPSA) is 23.5 Å². The van der Waals surface area contributed by atoms with Gasteiger partial charge in [-0.1, -0.05) is 48.0 Å². The molecule has 2 nitrogen and oxygen atoms in total. The molecule has 1 aliphatic rings. The summed E-state index contributed by atoms with van der Waals surface area (Å²) >= 11 is 0. The molecule has 0 spiro atoms. The summed E-state index contributed by atoms with van der Waals surface area (Å²) in [7, 11) is 0. The van der Waals surface area contributed by atoms with Crippen LogP contribution in [0.15, 0.2) is 0 Å². The van der Waals surface area contributed by atoms with E-state index in [1.165, 1.54) is 19.3 Å². The third kappa shape index (κ3) is 4.19. The first-order valence-corrected chi connectivity index (χ1v) is 8.27. The van der Waals surface area contributed by atoms with E-state index >= 15 is 0 Å². The van der Waals surface area contributed by atoms with E-state index in [2.05, 4.69) is 46.4 Å². The second kappa shape index (κ2) is 7.08. The average Bonchev–Trinajstić information content (AvgIpc) is 2.32. The van der Waals surface area contributed by atoms with Gasteiger partial charge in [-0.3, -0.25) is 4.90 Å². The number of rotatable bonds is 6. The van der Waals surface area contributed by atoms with Gasteiger partial charge in [-0.05, 0) is 37.0 Å². The molecule has 1 fully saturated rings. The largest absolute Gasteiger partial charge is 0.391 e. The van der Waals surface area contributed by atoms with Crippen LogP contribution in [0.4, 0.5) is 0 Å². The van der Waals surface area contributed by atoms with Crippen molar-refractivity contribution < 1.29 is 5.11 Å². The summed E-state index contributed by atoms with van der Waals surface area (Å²) in [6.07, 6.45) is 5.76. The van der Waals surface area contributed by atoms with Crippen molar-refractivity contribution in [2.45, 2.75) is 91.8 Å². The smallest absolute Gasteiger partial charge is 0.0746 e. The summed E-state index contributed by atoms with van der Waals surface area (Å²) in [6, 6.07) is 0.979. The van der Waals surface area contributed by atoms with Gasteiger partial charge < -0.3 is 5.11 Å². The minimum atomic E-state index is -0.180. The molecule has 0 aromatic carbocycles. The molecule has 0 heterocycles. The van der Waals surface area contributed by atoms with Crippen molar-refractivity contribution in [2.75, 3.05) is 6.54 Å². The zero-order valence-electron chi connectivity index (χ0n) is 13.9. The fourth-order valence-electron chi connectivity index (χ4n) is 3.68. The first-order valence-electron chi connectivity index (χ1n) is 8.27. The number of hydrogen-bond donors (Lipinski definition) is 1. The van der Waals surface area contributed by atoms with E-state index < -0.39 is 0 Å². The Hall–Kier alpha value is -0.0800. The van der Waals surface area contributed by atoms with Gasteiger partial charge in [0.05, 0.1) is 6.10 Å². The van der Waals surface area contributed by atoms with Crippen molar-refractivity contribution in [3.63, 3.8) is 0 Å². The van der Waals surface area contributed by atoms with Crippen LogP contribution in [0.3, 0.4) is 0 Å². The highest BCUT2D eigenvalue weighted by molar-refractivity contribution is 4.95. The summed E-state index contributed by atoms with van der Waals surface area (Å²) in [6.45, 7) is 14.7. The van der Waals surface area contributed by atoms with Crippen LogP contribution in [0.5, 0.6) is 0 Å². The lowest BCUT2D eigenvalue weighted by Gasteiger charge is -2.48. The lowest BCUT2D eigenvalue weighted by Crippen LogP contribution is -2.56. The van der Waals surface area contributed by atoms with Crippen molar-refractivity contribution in [3.8, 4) is 0 Å². The number of aliphatic hydroxyl groups excluding tert-OH is 1. The van der Waals surface area contributed by atoms with Crippen molar-refractivity contribution in [3.05, 3.63) is 0 Å². The van der Waals surface area contributed by atoms with Crippen LogP contribution in [0.2, 0.25) is 0 Å². The van der Waals surface area contributed by atoms with Crippen molar-refractivity contribution >= 4 is 0 Å². The SMILES string of the molecule is CCC(CC)N(CC(C)C)C1CCCC(C)(C)C1O. The number of nitrogens with zero attached hydrogens (tertiary/aromatic N) is 1. The average molecular weight is 269 g/mol. The maximum Gasteiger partial charge on any atom is 0.0746 e. The molecule has 1 N–H and O–H groups in total. The summed E-state index contributed by atoms with van der Waals surface area (Å²) in [5.41, 5.74) is 0.0736. The standard InChI is InChI=1S/C17H35NO/c1-7-14(8-2)18(12-13(3)4)15-10-9-11-17(5,6)16(15)19/h13-16,19H,7-12H2,1-6H3. The van der Waals surface area contributed by atoms with E-state index in [1.54, 1.807) is 0 Å². The monoisotopic (exact) mass is 269 g/mol.